The Balaban J connectivity index is 1.15. The average Bonchev–Trinajstić information content (AvgIpc) is 3.88. The summed E-state index contributed by atoms with van der Waals surface area (Å²) in [4.78, 5) is 15.0. The second-order valence-electron chi connectivity index (χ2n) is 14.3. The Bertz CT molecular complexity index is 3170. The molecule has 246 valence electrons. The van der Waals surface area contributed by atoms with E-state index >= 15 is 4.79 Å². The number of rotatable bonds is 2. The van der Waals surface area contributed by atoms with Gasteiger partial charge in [0.05, 0.1) is 5.41 Å². The molecule has 0 saturated carbocycles. The van der Waals surface area contributed by atoms with Crippen LogP contribution in [0.25, 0.3) is 73.7 Å². The van der Waals surface area contributed by atoms with Crippen LogP contribution in [-0.4, -0.2) is 5.78 Å². The Labute approximate surface area is 314 Å². The number of fused-ring (bicyclic) bond motifs is 15. The fourth-order valence-corrected chi connectivity index (χ4v) is 12.0. The molecule has 1 spiro atoms. The molecule has 8 aromatic carbocycles. The van der Waals surface area contributed by atoms with Crippen LogP contribution in [0.5, 0.6) is 0 Å². The smallest absolute Gasteiger partial charge is 0.193 e. The predicted molar refractivity (Wildman–Crippen MR) is 224 cm³/mol. The maximum atomic E-state index is 15.0. The SMILES string of the molecule is O=C1c2cc(-c3cccc4c3sc3ccccc34)ccc2C2(c3cc(-c4cccc5c4sc4ccccc45)ccc31)c1ccccc1-c1ccccc12. The minimum absolute atomic E-state index is 0.0828. The van der Waals surface area contributed by atoms with Crippen LogP contribution >= 0.6 is 22.7 Å². The molecule has 0 fully saturated rings. The Morgan fingerprint density at radius 1 is 0.340 bits per heavy atom. The van der Waals surface area contributed by atoms with Gasteiger partial charge < -0.3 is 0 Å². The summed E-state index contributed by atoms with van der Waals surface area (Å²) >= 11 is 3.67. The standard InChI is InChI=1S/C50H28OS2/c51-47-39-25-23-30(32-16-10-18-38-36-14-4-8-22-46(36)53-49(32)38)28-44(39)50(41-19-5-1-11-33(41)34-12-2-6-20-42(34)50)43-26-24-29(27-40(43)47)31-15-9-17-37-35-13-3-7-21-45(35)52-48(31)37/h1-28H. The molecule has 1 nitrogen and oxygen atoms in total. The molecule has 0 atom stereocenters. The van der Waals surface area contributed by atoms with Gasteiger partial charge in [0, 0.05) is 51.5 Å². The highest BCUT2D eigenvalue weighted by Crippen LogP contribution is 2.60. The van der Waals surface area contributed by atoms with Crippen LogP contribution in [0, 0.1) is 0 Å². The molecule has 0 amide bonds. The van der Waals surface area contributed by atoms with Gasteiger partial charge in [-0.25, -0.2) is 0 Å². The normalized spacial score (nSPS) is 13.8. The van der Waals surface area contributed by atoms with Crippen LogP contribution in [-0.2, 0) is 5.41 Å². The fourth-order valence-electron chi connectivity index (χ4n) is 9.50. The lowest BCUT2D eigenvalue weighted by Crippen LogP contribution is -2.36. The lowest BCUT2D eigenvalue weighted by Gasteiger charge is -2.40. The second kappa shape index (κ2) is 10.7. The van der Waals surface area contributed by atoms with Crippen molar-refractivity contribution < 1.29 is 4.79 Å². The van der Waals surface area contributed by atoms with Gasteiger partial charge >= 0.3 is 0 Å². The molecule has 2 aromatic heterocycles. The third-order valence-electron chi connectivity index (χ3n) is 11.7. The van der Waals surface area contributed by atoms with Gasteiger partial charge in [-0.3, -0.25) is 4.79 Å². The molecule has 3 heteroatoms. The minimum atomic E-state index is -0.655. The number of hydrogen-bond acceptors (Lipinski definition) is 3. The first-order valence-corrected chi connectivity index (χ1v) is 19.7. The molecule has 53 heavy (non-hydrogen) atoms. The quantitative estimate of drug-likeness (QED) is 0.175. The molecule has 2 aliphatic carbocycles. The lowest BCUT2D eigenvalue weighted by molar-refractivity contribution is 0.103. The molecule has 2 aliphatic rings. The summed E-state index contributed by atoms with van der Waals surface area (Å²) in [5.41, 5.74) is 12.5. The summed E-state index contributed by atoms with van der Waals surface area (Å²) in [5, 5.41) is 5.09. The van der Waals surface area contributed by atoms with Crippen molar-refractivity contribution in [3.8, 4) is 33.4 Å². The van der Waals surface area contributed by atoms with Gasteiger partial charge in [-0.05, 0) is 79.9 Å². The molecule has 12 rings (SSSR count). The number of carbonyl (C=O) groups excluding carboxylic acids is 1. The van der Waals surface area contributed by atoms with Crippen molar-refractivity contribution >= 4 is 68.8 Å². The topological polar surface area (TPSA) is 17.1 Å². The van der Waals surface area contributed by atoms with E-state index in [1.165, 1.54) is 68.2 Å². The van der Waals surface area contributed by atoms with Crippen molar-refractivity contribution in [2.75, 3.05) is 0 Å². The van der Waals surface area contributed by atoms with E-state index in [0.717, 1.165) is 38.9 Å². The minimum Gasteiger partial charge on any atom is -0.289 e. The molecule has 2 heterocycles. The highest BCUT2D eigenvalue weighted by atomic mass is 32.1. The molecular formula is C50H28OS2. The predicted octanol–water partition coefficient (Wildman–Crippen LogP) is 13.7. The van der Waals surface area contributed by atoms with Crippen molar-refractivity contribution in [3.63, 3.8) is 0 Å². The Kier molecular flexibility index (Phi) is 5.95. The number of benzene rings is 8. The molecular weight excluding hydrogens is 681 g/mol. The largest absolute Gasteiger partial charge is 0.289 e. The van der Waals surface area contributed by atoms with E-state index in [1.54, 1.807) is 0 Å². The van der Waals surface area contributed by atoms with E-state index in [1.807, 2.05) is 22.7 Å². The zero-order valence-corrected chi connectivity index (χ0v) is 30.0. The highest BCUT2D eigenvalue weighted by molar-refractivity contribution is 7.26. The van der Waals surface area contributed by atoms with Crippen LogP contribution in [0.3, 0.4) is 0 Å². The number of carbonyl (C=O) groups is 1. The molecule has 0 radical (unpaired) electrons. The third-order valence-corrected chi connectivity index (χ3v) is 14.2. The summed E-state index contributed by atoms with van der Waals surface area (Å²) in [7, 11) is 0. The van der Waals surface area contributed by atoms with Gasteiger partial charge in [0.1, 0.15) is 0 Å². The van der Waals surface area contributed by atoms with Gasteiger partial charge in [-0.15, -0.1) is 22.7 Å². The molecule has 0 bridgehead atoms. The van der Waals surface area contributed by atoms with Crippen LogP contribution in [0.2, 0.25) is 0 Å². The van der Waals surface area contributed by atoms with Gasteiger partial charge in [0.15, 0.2) is 5.78 Å². The first-order chi connectivity index (χ1) is 26.2. The molecule has 0 unspecified atom stereocenters. The van der Waals surface area contributed by atoms with Crippen LogP contribution in [0.15, 0.2) is 170 Å². The maximum absolute atomic E-state index is 15.0. The maximum Gasteiger partial charge on any atom is 0.193 e. The van der Waals surface area contributed by atoms with E-state index in [0.29, 0.717) is 0 Å². The summed E-state index contributed by atoms with van der Waals surface area (Å²) < 4.78 is 5.09. The van der Waals surface area contributed by atoms with E-state index in [9.17, 15) is 0 Å². The van der Waals surface area contributed by atoms with Crippen molar-refractivity contribution in [2.45, 2.75) is 5.41 Å². The van der Waals surface area contributed by atoms with Gasteiger partial charge in [0.25, 0.3) is 0 Å². The van der Waals surface area contributed by atoms with E-state index < -0.39 is 5.41 Å². The first-order valence-electron chi connectivity index (χ1n) is 18.0. The van der Waals surface area contributed by atoms with Gasteiger partial charge in [-0.1, -0.05) is 146 Å². The lowest BCUT2D eigenvalue weighted by atomic mass is 9.60. The first kappa shape index (κ1) is 29.4. The molecule has 0 aliphatic heterocycles. The third kappa shape index (κ3) is 3.83. The van der Waals surface area contributed by atoms with Crippen LogP contribution < -0.4 is 0 Å². The van der Waals surface area contributed by atoms with Crippen molar-refractivity contribution in [1.29, 1.82) is 0 Å². The zero-order chi connectivity index (χ0) is 34.8. The van der Waals surface area contributed by atoms with E-state index in [4.69, 9.17) is 0 Å². The number of hydrogen-bond donors (Lipinski definition) is 0. The monoisotopic (exact) mass is 708 g/mol. The number of thiophene rings is 2. The van der Waals surface area contributed by atoms with Crippen LogP contribution in [0.1, 0.15) is 38.2 Å². The summed E-state index contributed by atoms with van der Waals surface area (Å²) in [6.45, 7) is 0. The van der Waals surface area contributed by atoms with Crippen molar-refractivity contribution in [1.82, 2.24) is 0 Å². The molecule has 0 N–H and O–H groups in total. The summed E-state index contributed by atoms with van der Waals surface area (Å²) in [6, 6.07) is 61.5. The second-order valence-corrected chi connectivity index (χ2v) is 16.4. The van der Waals surface area contributed by atoms with E-state index in [2.05, 4.69) is 170 Å². The van der Waals surface area contributed by atoms with Gasteiger partial charge in [0.2, 0.25) is 0 Å². The van der Waals surface area contributed by atoms with Gasteiger partial charge in [-0.2, -0.15) is 0 Å². The molecule has 10 aromatic rings. The van der Waals surface area contributed by atoms with Crippen LogP contribution in [0.4, 0.5) is 0 Å². The zero-order valence-electron chi connectivity index (χ0n) is 28.4. The Morgan fingerprint density at radius 3 is 1.43 bits per heavy atom. The highest BCUT2D eigenvalue weighted by Gasteiger charge is 2.51. The average molecular weight is 709 g/mol. The Hall–Kier alpha value is -6.13. The van der Waals surface area contributed by atoms with Crippen molar-refractivity contribution in [3.05, 3.63) is 203 Å². The summed E-state index contributed by atoms with van der Waals surface area (Å²) in [5.74, 6) is 0.0828. The summed E-state index contributed by atoms with van der Waals surface area (Å²) in [6.07, 6.45) is 0. The number of ketones is 1. The van der Waals surface area contributed by atoms with E-state index in [-0.39, 0.29) is 5.78 Å². The van der Waals surface area contributed by atoms with Crippen molar-refractivity contribution in [2.24, 2.45) is 0 Å². The Morgan fingerprint density at radius 2 is 0.811 bits per heavy atom. The fraction of sp³-hybridized carbons (Fsp3) is 0.0200. The molecule has 0 saturated heterocycles.